The van der Waals surface area contributed by atoms with Gasteiger partial charge in [-0.15, -0.1) is 0 Å². The second-order valence-electron chi connectivity index (χ2n) is 6.11. The molecule has 1 N–H and O–H groups in total. The third-order valence-electron chi connectivity index (χ3n) is 4.35. The highest BCUT2D eigenvalue weighted by molar-refractivity contribution is 5.98. The first kappa shape index (κ1) is 17.1. The normalized spacial score (nSPS) is 17.1. The van der Waals surface area contributed by atoms with Crippen LogP contribution < -0.4 is 0 Å². The predicted octanol–water partition coefficient (Wildman–Crippen LogP) is 2.28. The molecule has 8 heteroatoms. The van der Waals surface area contributed by atoms with Gasteiger partial charge in [0.15, 0.2) is 23.2 Å². The van der Waals surface area contributed by atoms with E-state index in [4.69, 9.17) is 5.11 Å². The van der Waals surface area contributed by atoms with Gasteiger partial charge in [0.2, 0.25) is 0 Å². The molecular formula is C17H17F2N3O3. The number of ketones is 1. The van der Waals surface area contributed by atoms with Crippen LogP contribution in [-0.4, -0.2) is 44.1 Å². The van der Waals surface area contributed by atoms with Gasteiger partial charge in [0.1, 0.15) is 0 Å². The molecule has 0 saturated carbocycles. The first-order chi connectivity index (χ1) is 11.9. The number of nitrogens with zero attached hydrogens (tertiary/aromatic N) is 3. The van der Waals surface area contributed by atoms with Crippen molar-refractivity contribution in [2.24, 2.45) is 7.05 Å². The topological polar surface area (TPSA) is 75.4 Å². The maximum Gasteiger partial charge on any atom is 0.254 e. The molecule has 3 rings (SSSR count). The van der Waals surface area contributed by atoms with E-state index < -0.39 is 23.3 Å². The van der Waals surface area contributed by atoms with Gasteiger partial charge >= 0.3 is 0 Å². The number of aryl methyl sites for hydroxylation is 1. The average Bonchev–Trinajstić information content (AvgIpc) is 3.20. The Morgan fingerprint density at radius 1 is 1.28 bits per heavy atom. The van der Waals surface area contributed by atoms with Gasteiger partial charge in [-0.2, -0.15) is 5.10 Å². The maximum atomic E-state index is 13.5. The van der Waals surface area contributed by atoms with Gasteiger partial charge in [0.25, 0.3) is 5.91 Å². The van der Waals surface area contributed by atoms with Crippen LogP contribution in [0, 0.1) is 11.6 Å². The highest BCUT2D eigenvalue weighted by Crippen LogP contribution is 2.27. The van der Waals surface area contributed by atoms with Gasteiger partial charge < -0.3 is 10.0 Å². The molecule has 1 aromatic carbocycles. The van der Waals surface area contributed by atoms with Crippen LogP contribution in [0.3, 0.4) is 0 Å². The molecule has 1 atom stereocenters. The fourth-order valence-electron chi connectivity index (χ4n) is 3.07. The van der Waals surface area contributed by atoms with Crippen molar-refractivity contribution in [1.29, 1.82) is 0 Å². The van der Waals surface area contributed by atoms with Crippen LogP contribution in [-0.2, 0) is 7.05 Å². The fraction of sp³-hybridized carbons (Fsp3) is 0.353. The van der Waals surface area contributed by atoms with Crippen molar-refractivity contribution in [3.8, 4) is 5.75 Å². The summed E-state index contributed by atoms with van der Waals surface area (Å²) in [5.41, 5.74) is 0.275. The fourth-order valence-corrected chi connectivity index (χ4v) is 3.07. The average molecular weight is 349 g/mol. The number of carbonyl (C=O) groups excluding carboxylic acids is 2. The molecule has 1 amide bonds. The number of aromatic hydroxyl groups is 1. The zero-order valence-corrected chi connectivity index (χ0v) is 13.6. The molecule has 1 aromatic heterocycles. The largest absolute Gasteiger partial charge is 0.503 e. The molecule has 0 bridgehead atoms. The first-order valence-electron chi connectivity index (χ1n) is 7.87. The summed E-state index contributed by atoms with van der Waals surface area (Å²) in [7, 11) is 1.70. The molecule has 1 fully saturated rings. The molecule has 132 valence electrons. The van der Waals surface area contributed by atoms with Crippen LogP contribution in [0.4, 0.5) is 8.78 Å². The highest BCUT2D eigenvalue weighted by Gasteiger charge is 2.32. The zero-order valence-electron chi connectivity index (χ0n) is 13.6. The summed E-state index contributed by atoms with van der Waals surface area (Å²) in [5.74, 6) is -4.18. The number of hydrogen-bond acceptors (Lipinski definition) is 4. The van der Waals surface area contributed by atoms with Crippen LogP contribution in [0.2, 0.25) is 0 Å². The number of phenols is 1. The third kappa shape index (κ3) is 3.38. The molecule has 25 heavy (non-hydrogen) atoms. The van der Waals surface area contributed by atoms with Gasteiger partial charge in [-0.05, 0) is 25.0 Å². The number of phenolic OH excluding ortho intramolecular Hbond substituents is 1. The van der Waals surface area contributed by atoms with Crippen LogP contribution in [0.15, 0.2) is 24.5 Å². The Kier molecular flexibility index (Phi) is 4.52. The molecular weight excluding hydrogens is 332 g/mol. The maximum absolute atomic E-state index is 13.5. The summed E-state index contributed by atoms with van der Waals surface area (Å²) in [6.07, 6.45) is 4.55. The molecule has 1 saturated heterocycles. The van der Waals surface area contributed by atoms with Gasteiger partial charge in [0.05, 0.1) is 11.8 Å². The minimum atomic E-state index is -1.19. The molecule has 0 aliphatic carbocycles. The van der Waals surface area contributed by atoms with Crippen molar-refractivity contribution >= 4 is 11.7 Å². The van der Waals surface area contributed by atoms with Crippen molar-refractivity contribution in [2.75, 3.05) is 6.54 Å². The minimum Gasteiger partial charge on any atom is -0.503 e. The first-order valence-corrected chi connectivity index (χ1v) is 7.87. The molecule has 2 heterocycles. The van der Waals surface area contributed by atoms with Gasteiger partial charge in [-0.3, -0.25) is 14.3 Å². The summed E-state index contributed by atoms with van der Waals surface area (Å²) in [6.45, 7) is 0.411. The van der Waals surface area contributed by atoms with E-state index in [0.717, 1.165) is 12.1 Å². The van der Waals surface area contributed by atoms with E-state index in [9.17, 15) is 18.4 Å². The number of likely N-dealkylation sites (tertiary alicyclic amines) is 1. The SMILES string of the molecule is Cn1cc(C(=O)CC2CCCN2C(=O)c2cc(F)c(O)c(F)c2)cn1. The molecule has 0 spiro atoms. The van der Waals surface area contributed by atoms with Gasteiger partial charge in [-0.1, -0.05) is 0 Å². The van der Waals surface area contributed by atoms with E-state index in [1.807, 2.05) is 0 Å². The quantitative estimate of drug-likeness (QED) is 0.860. The number of amides is 1. The second kappa shape index (κ2) is 6.62. The molecule has 2 aromatic rings. The standard InChI is InChI=1S/C17H17F2N3O3/c1-21-9-11(8-20-21)15(23)7-12-3-2-4-22(12)17(25)10-5-13(18)16(24)14(19)6-10/h5-6,8-9,12,24H,2-4,7H2,1H3. The summed E-state index contributed by atoms with van der Waals surface area (Å²) in [5, 5.41) is 13.1. The Labute approximate surface area is 142 Å². The van der Waals surface area contributed by atoms with Crippen LogP contribution in [0.25, 0.3) is 0 Å². The van der Waals surface area contributed by atoms with Gasteiger partial charge in [-0.25, -0.2) is 8.78 Å². The van der Waals surface area contributed by atoms with Crippen molar-refractivity contribution in [2.45, 2.75) is 25.3 Å². The Balaban J connectivity index is 1.77. The Morgan fingerprint density at radius 2 is 1.96 bits per heavy atom. The van der Waals surface area contributed by atoms with Crippen LogP contribution in [0.5, 0.6) is 5.75 Å². The monoisotopic (exact) mass is 349 g/mol. The van der Waals surface area contributed by atoms with E-state index in [-0.39, 0.29) is 23.8 Å². The smallest absolute Gasteiger partial charge is 0.254 e. The number of carbonyl (C=O) groups is 2. The van der Waals surface area contributed by atoms with E-state index in [1.165, 1.54) is 15.8 Å². The Hall–Kier alpha value is -2.77. The van der Waals surface area contributed by atoms with Crippen LogP contribution in [0.1, 0.15) is 40.0 Å². The van der Waals surface area contributed by atoms with E-state index in [1.54, 1.807) is 13.2 Å². The highest BCUT2D eigenvalue weighted by atomic mass is 19.1. The predicted molar refractivity (Wildman–Crippen MR) is 84.2 cm³/mol. The zero-order chi connectivity index (χ0) is 18.1. The molecule has 1 unspecified atom stereocenters. The van der Waals surface area contributed by atoms with Gasteiger partial charge in [0, 0.05) is 37.8 Å². The van der Waals surface area contributed by atoms with Crippen molar-refractivity contribution in [3.63, 3.8) is 0 Å². The Morgan fingerprint density at radius 3 is 2.56 bits per heavy atom. The lowest BCUT2D eigenvalue weighted by atomic mass is 10.0. The summed E-state index contributed by atoms with van der Waals surface area (Å²) in [4.78, 5) is 26.4. The lowest BCUT2D eigenvalue weighted by molar-refractivity contribution is 0.0716. The minimum absolute atomic E-state index is 0.125. The van der Waals surface area contributed by atoms with E-state index in [2.05, 4.69) is 5.10 Å². The third-order valence-corrected chi connectivity index (χ3v) is 4.35. The van der Waals surface area contributed by atoms with Crippen molar-refractivity contribution in [3.05, 3.63) is 47.3 Å². The number of halogens is 2. The van der Waals surface area contributed by atoms with E-state index in [0.29, 0.717) is 24.9 Å². The molecule has 0 radical (unpaired) electrons. The van der Waals surface area contributed by atoms with Crippen molar-refractivity contribution in [1.82, 2.24) is 14.7 Å². The number of rotatable bonds is 4. The number of aromatic nitrogens is 2. The summed E-state index contributed by atoms with van der Waals surface area (Å²) >= 11 is 0. The molecule has 1 aliphatic rings. The lowest BCUT2D eigenvalue weighted by Gasteiger charge is -2.24. The number of benzene rings is 1. The summed E-state index contributed by atoms with van der Waals surface area (Å²) in [6, 6.07) is 1.28. The van der Waals surface area contributed by atoms with Crippen LogP contribution >= 0.6 is 0 Å². The number of Topliss-reactive ketones (excluding diaryl/α,β-unsaturated/α-hetero) is 1. The summed E-state index contributed by atoms with van der Waals surface area (Å²) < 4.78 is 28.5. The van der Waals surface area contributed by atoms with Crippen molar-refractivity contribution < 1.29 is 23.5 Å². The molecule has 6 nitrogen and oxygen atoms in total. The molecule has 1 aliphatic heterocycles. The second-order valence-corrected chi connectivity index (χ2v) is 6.11. The number of hydrogen-bond donors (Lipinski definition) is 1. The lowest BCUT2D eigenvalue weighted by Crippen LogP contribution is -2.37. The Bertz CT molecular complexity index is 811. The van der Waals surface area contributed by atoms with E-state index >= 15 is 0 Å².